The van der Waals surface area contributed by atoms with Crippen LogP contribution in [0.1, 0.15) is 33.1 Å². The van der Waals surface area contributed by atoms with Gasteiger partial charge in [0.2, 0.25) is 0 Å². The third-order valence-corrected chi connectivity index (χ3v) is 2.85. The minimum Gasteiger partial charge on any atom is -0.322 e. The number of hydrogen-bond donors (Lipinski definition) is 1. The molecule has 2 N–H and O–H groups in total. The van der Waals surface area contributed by atoms with Gasteiger partial charge in [0.1, 0.15) is 0 Å². The molecule has 1 rings (SSSR count). The summed E-state index contributed by atoms with van der Waals surface area (Å²) in [5.41, 5.74) is 5.51. The van der Waals surface area contributed by atoms with Gasteiger partial charge in [0.15, 0.2) is 0 Å². The van der Waals surface area contributed by atoms with Crippen LogP contribution in [0.25, 0.3) is 0 Å². The Morgan fingerprint density at radius 2 is 2.00 bits per heavy atom. The van der Waals surface area contributed by atoms with Crippen molar-refractivity contribution in [2.24, 2.45) is 17.6 Å². The van der Waals surface area contributed by atoms with Crippen LogP contribution in [0.3, 0.4) is 0 Å². The zero-order chi connectivity index (χ0) is 9.35. The van der Waals surface area contributed by atoms with Crippen LogP contribution in [0.5, 0.6) is 0 Å². The summed E-state index contributed by atoms with van der Waals surface area (Å²) >= 11 is 0. The van der Waals surface area contributed by atoms with Crippen LogP contribution in [0.15, 0.2) is 0 Å². The first-order valence-electron chi connectivity index (χ1n) is 4.58. The molecule has 3 heteroatoms. The lowest BCUT2D eigenvalue weighted by atomic mass is 9.76. The quantitative estimate of drug-likeness (QED) is 0.654. The van der Waals surface area contributed by atoms with Crippen molar-refractivity contribution in [2.45, 2.75) is 45.1 Å². The Morgan fingerprint density at radius 1 is 1.42 bits per heavy atom. The summed E-state index contributed by atoms with van der Waals surface area (Å²) in [6.45, 7) is 3.93. The fraction of sp³-hybridized carbons (Fsp3) is 1.00. The Morgan fingerprint density at radius 3 is 2.42 bits per heavy atom. The van der Waals surface area contributed by atoms with Crippen LogP contribution in [0.2, 0.25) is 0 Å². The van der Waals surface area contributed by atoms with Gasteiger partial charge in [-0.15, -0.1) is 0 Å². The molecule has 2 unspecified atom stereocenters. The molecule has 72 valence electrons. The lowest BCUT2D eigenvalue weighted by Crippen LogP contribution is -2.50. The molecule has 0 amide bonds. The molecule has 12 heavy (non-hydrogen) atoms. The topological polar surface area (TPSA) is 26.0 Å². The van der Waals surface area contributed by atoms with E-state index in [0.29, 0.717) is 6.42 Å². The van der Waals surface area contributed by atoms with Gasteiger partial charge in [0.05, 0.1) is 6.04 Å². The molecule has 2 atom stereocenters. The van der Waals surface area contributed by atoms with Crippen LogP contribution >= 0.6 is 0 Å². The summed E-state index contributed by atoms with van der Waals surface area (Å²) in [6, 6.07) is -0.925. The predicted molar refractivity (Wildman–Crippen MR) is 45.1 cm³/mol. The van der Waals surface area contributed by atoms with Gasteiger partial charge in [-0.25, -0.2) is 8.78 Å². The third-order valence-electron chi connectivity index (χ3n) is 2.85. The van der Waals surface area contributed by atoms with Crippen LogP contribution < -0.4 is 5.73 Å². The highest BCUT2D eigenvalue weighted by Gasteiger charge is 2.45. The molecule has 0 bridgehead atoms. The molecule has 1 saturated carbocycles. The SMILES string of the molecule is CC(C)C1CCCC(F)(F)C1N. The highest BCUT2D eigenvalue weighted by molar-refractivity contribution is 4.91. The van der Waals surface area contributed by atoms with Crippen molar-refractivity contribution in [3.05, 3.63) is 0 Å². The van der Waals surface area contributed by atoms with Gasteiger partial charge < -0.3 is 5.73 Å². The predicted octanol–water partition coefficient (Wildman–Crippen LogP) is 2.41. The van der Waals surface area contributed by atoms with Gasteiger partial charge in [0, 0.05) is 6.42 Å². The zero-order valence-electron chi connectivity index (χ0n) is 7.69. The number of hydrogen-bond acceptors (Lipinski definition) is 1. The molecule has 0 aromatic heterocycles. The second-order valence-electron chi connectivity index (χ2n) is 4.09. The molecular formula is C9H17F2N. The zero-order valence-corrected chi connectivity index (χ0v) is 7.69. The van der Waals surface area contributed by atoms with Crippen LogP contribution in [-0.2, 0) is 0 Å². The first kappa shape index (κ1) is 9.90. The minimum atomic E-state index is -2.63. The normalized spacial score (nSPS) is 35.5. The number of rotatable bonds is 1. The van der Waals surface area contributed by atoms with Gasteiger partial charge in [-0.3, -0.25) is 0 Å². The average molecular weight is 177 g/mol. The number of alkyl halides is 2. The van der Waals surface area contributed by atoms with Crippen molar-refractivity contribution in [1.82, 2.24) is 0 Å². The van der Waals surface area contributed by atoms with Crippen LogP contribution in [0.4, 0.5) is 8.78 Å². The summed E-state index contributed by atoms with van der Waals surface area (Å²) in [5.74, 6) is -2.37. The van der Waals surface area contributed by atoms with Crippen molar-refractivity contribution in [2.75, 3.05) is 0 Å². The van der Waals surface area contributed by atoms with Gasteiger partial charge >= 0.3 is 0 Å². The van der Waals surface area contributed by atoms with E-state index in [9.17, 15) is 8.78 Å². The maximum absolute atomic E-state index is 13.1. The molecule has 0 aromatic carbocycles. The molecule has 0 radical (unpaired) electrons. The van der Waals surface area contributed by atoms with Crippen molar-refractivity contribution in [3.63, 3.8) is 0 Å². The van der Waals surface area contributed by atoms with Gasteiger partial charge in [0.25, 0.3) is 5.92 Å². The molecule has 0 saturated heterocycles. The Labute approximate surface area is 72.3 Å². The van der Waals surface area contributed by atoms with Gasteiger partial charge in [-0.1, -0.05) is 13.8 Å². The summed E-state index contributed by atoms with van der Waals surface area (Å²) in [5, 5.41) is 0. The van der Waals surface area contributed by atoms with Gasteiger partial charge in [-0.05, 0) is 24.7 Å². The lowest BCUT2D eigenvalue weighted by molar-refractivity contribution is -0.0793. The van der Waals surface area contributed by atoms with E-state index in [1.54, 1.807) is 0 Å². The smallest absolute Gasteiger partial charge is 0.263 e. The lowest BCUT2D eigenvalue weighted by Gasteiger charge is -2.37. The summed E-state index contributed by atoms with van der Waals surface area (Å²) in [6.07, 6.45) is 1.44. The summed E-state index contributed by atoms with van der Waals surface area (Å²) in [4.78, 5) is 0. The molecule has 1 aliphatic rings. The van der Waals surface area contributed by atoms with E-state index < -0.39 is 12.0 Å². The summed E-state index contributed by atoms with van der Waals surface area (Å²) in [7, 11) is 0. The second-order valence-corrected chi connectivity index (χ2v) is 4.09. The maximum atomic E-state index is 13.1. The Hall–Kier alpha value is -0.180. The number of halogens is 2. The van der Waals surface area contributed by atoms with Crippen molar-refractivity contribution < 1.29 is 8.78 Å². The molecule has 1 nitrogen and oxygen atoms in total. The maximum Gasteiger partial charge on any atom is 0.263 e. The highest BCUT2D eigenvalue weighted by Crippen LogP contribution is 2.38. The van der Waals surface area contributed by atoms with E-state index in [0.717, 1.165) is 6.42 Å². The van der Waals surface area contributed by atoms with E-state index >= 15 is 0 Å². The Bertz CT molecular complexity index is 157. The molecule has 1 fully saturated rings. The average Bonchev–Trinajstić information content (AvgIpc) is 1.94. The fourth-order valence-electron chi connectivity index (χ4n) is 1.98. The Balaban J connectivity index is 2.66. The van der Waals surface area contributed by atoms with E-state index in [4.69, 9.17) is 5.73 Å². The monoisotopic (exact) mass is 177 g/mol. The molecule has 0 heterocycles. The second kappa shape index (κ2) is 3.29. The standard InChI is InChI=1S/C9H17F2N/c1-6(2)7-4-3-5-9(10,11)8(7)12/h6-8H,3-5,12H2,1-2H3. The van der Waals surface area contributed by atoms with Crippen LogP contribution in [0, 0.1) is 11.8 Å². The van der Waals surface area contributed by atoms with E-state index in [1.807, 2.05) is 13.8 Å². The summed E-state index contributed by atoms with van der Waals surface area (Å²) < 4.78 is 26.2. The van der Waals surface area contributed by atoms with E-state index in [2.05, 4.69) is 0 Å². The third kappa shape index (κ3) is 1.76. The van der Waals surface area contributed by atoms with E-state index in [1.165, 1.54) is 0 Å². The van der Waals surface area contributed by atoms with Crippen molar-refractivity contribution >= 4 is 0 Å². The minimum absolute atomic E-state index is 0.00579. The largest absolute Gasteiger partial charge is 0.322 e. The van der Waals surface area contributed by atoms with Crippen LogP contribution in [-0.4, -0.2) is 12.0 Å². The molecule has 0 aliphatic heterocycles. The number of nitrogens with two attached hydrogens (primary N) is 1. The Kier molecular flexibility index (Phi) is 2.71. The molecule has 1 aliphatic carbocycles. The first-order valence-corrected chi connectivity index (χ1v) is 4.58. The van der Waals surface area contributed by atoms with Gasteiger partial charge in [-0.2, -0.15) is 0 Å². The van der Waals surface area contributed by atoms with Crippen molar-refractivity contribution in [1.29, 1.82) is 0 Å². The first-order chi connectivity index (χ1) is 5.45. The molecule has 0 aromatic rings. The van der Waals surface area contributed by atoms with E-state index in [-0.39, 0.29) is 18.3 Å². The van der Waals surface area contributed by atoms with Crippen molar-refractivity contribution in [3.8, 4) is 0 Å². The highest BCUT2D eigenvalue weighted by atomic mass is 19.3. The molecular weight excluding hydrogens is 160 g/mol. The fourth-order valence-corrected chi connectivity index (χ4v) is 1.98. The molecule has 0 spiro atoms.